The molecule has 0 N–H and O–H groups in total. The molecule has 88 valence electrons. The summed E-state index contributed by atoms with van der Waals surface area (Å²) in [5.41, 5.74) is 0. The van der Waals surface area contributed by atoms with Crippen molar-refractivity contribution in [3.05, 3.63) is 0 Å². The van der Waals surface area contributed by atoms with E-state index in [1.165, 1.54) is 64.2 Å². The highest BCUT2D eigenvalue weighted by molar-refractivity contribution is 4.75. The van der Waals surface area contributed by atoms with Gasteiger partial charge in [0.2, 0.25) is 0 Å². The van der Waals surface area contributed by atoms with Gasteiger partial charge in [0.25, 0.3) is 0 Å². The van der Waals surface area contributed by atoms with Crippen molar-refractivity contribution in [1.29, 1.82) is 0 Å². The monoisotopic (exact) mass is 208 g/mol. The number of rotatable bonds is 3. The highest BCUT2D eigenvalue weighted by Gasteiger charge is 2.23. The van der Waals surface area contributed by atoms with Gasteiger partial charge < -0.3 is 0 Å². The Morgan fingerprint density at radius 3 is 1.93 bits per heavy atom. The minimum absolute atomic E-state index is 1.02. The Kier molecular flexibility index (Phi) is 4.53. The van der Waals surface area contributed by atoms with Gasteiger partial charge in [0.1, 0.15) is 0 Å². The van der Waals surface area contributed by atoms with Crippen LogP contribution in [0.25, 0.3) is 0 Å². The second-order valence-corrected chi connectivity index (χ2v) is 6.12. The fourth-order valence-corrected chi connectivity index (χ4v) is 3.84. The van der Waals surface area contributed by atoms with Gasteiger partial charge >= 0.3 is 0 Å². The Hall–Kier alpha value is 0. The summed E-state index contributed by atoms with van der Waals surface area (Å²) in [5.74, 6) is 3.20. The zero-order chi connectivity index (χ0) is 10.5. The first-order valence-electron chi connectivity index (χ1n) is 7.36. The van der Waals surface area contributed by atoms with Gasteiger partial charge in [0.15, 0.2) is 0 Å². The lowest BCUT2D eigenvalue weighted by Crippen LogP contribution is -2.19. The fourth-order valence-electron chi connectivity index (χ4n) is 3.84. The lowest BCUT2D eigenvalue weighted by molar-refractivity contribution is 0.203. The first-order valence-corrected chi connectivity index (χ1v) is 7.36. The molecule has 0 spiro atoms. The average Bonchev–Trinajstić information content (AvgIpc) is 2.31. The van der Waals surface area contributed by atoms with Crippen LogP contribution in [-0.2, 0) is 0 Å². The van der Waals surface area contributed by atoms with E-state index in [1.54, 1.807) is 6.42 Å². The van der Waals surface area contributed by atoms with Crippen LogP contribution in [0.5, 0.6) is 0 Å². The van der Waals surface area contributed by atoms with E-state index in [0.29, 0.717) is 0 Å². The Morgan fingerprint density at radius 1 is 0.800 bits per heavy atom. The third kappa shape index (κ3) is 3.50. The largest absolute Gasteiger partial charge is 0.0622 e. The van der Waals surface area contributed by atoms with Gasteiger partial charge in [-0.05, 0) is 24.2 Å². The van der Waals surface area contributed by atoms with Crippen LogP contribution >= 0.6 is 0 Å². The zero-order valence-electron chi connectivity index (χ0n) is 10.5. The maximum Gasteiger partial charge on any atom is -0.0388 e. The lowest BCUT2D eigenvalue weighted by atomic mass is 9.74. The van der Waals surface area contributed by atoms with Crippen molar-refractivity contribution < 1.29 is 0 Å². The molecule has 0 aromatic rings. The maximum absolute atomic E-state index is 2.53. The summed E-state index contributed by atoms with van der Waals surface area (Å²) in [6, 6.07) is 0. The molecule has 0 saturated heterocycles. The van der Waals surface area contributed by atoms with Crippen LogP contribution in [0, 0.1) is 17.8 Å². The molecule has 0 aromatic carbocycles. The molecule has 2 aliphatic carbocycles. The van der Waals surface area contributed by atoms with E-state index < -0.39 is 0 Å². The molecule has 2 rings (SSSR count). The molecule has 0 amide bonds. The minimum Gasteiger partial charge on any atom is -0.0622 e. The SMILES string of the molecule is CC(CC1CCCCC1)C1CCCCC1. The van der Waals surface area contributed by atoms with Crippen LogP contribution in [0.15, 0.2) is 0 Å². The van der Waals surface area contributed by atoms with Crippen molar-refractivity contribution >= 4 is 0 Å². The molecule has 15 heavy (non-hydrogen) atoms. The highest BCUT2D eigenvalue weighted by Crippen LogP contribution is 2.36. The van der Waals surface area contributed by atoms with Gasteiger partial charge in [-0.15, -0.1) is 0 Å². The first kappa shape index (κ1) is 11.5. The summed E-state index contributed by atoms with van der Waals surface area (Å²) in [5, 5.41) is 0. The van der Waals surface area contributed by atoms with Gasteiger partial charge in [0.05, 0.1) is 0 Å². The third-order valence-electron chi connectivity index (χ3n) is 4.88. The summed E-state index contributed by atoms with van der Waals surface area (Å²) in [7, 11) is 0. The molecule has 0 radical (unpaired) electrons. The van der Waals surface area contributed by atoms with E-state index in [2.05, 4.69) is 6.92 Å². The maximum atomic E-state index is 2.53. The Morgan fingerprint density at radius 2 is 1.33 bits per heavy atom. The third-order valence-corrected chi connectivity index (χ3v) is 4.88. The predicted molar refractivity (Wildman–Crippen MR) is 66.9 cm³/mol. The van der Waals surface area contributed by atoms with E-state index in [-0.39, 0.29) is 0 Å². The van der Waals surface area contributed by atoms with Crippen molar-refractivity contribution in [2.24, 2.45) is 17.8 Å². The van der Waals surface area contributed by atoms with Crippen LogP contribution in [0.3, 0.4) is 0 Å². The van der Waals surface area contributed by atoms with Crippen LogP contribution in [0.2, 0.25) is 0 Å². The second kappa shape index (κ2) is 5.92. The summed E-state index contributed by atoms with van der Waals surface area (Å²) >= 11 is 0. The topological polar surface area (TPSA) is 0 Å². The number of hydrogen-bond acceptors (Lipinski definition) is 0. The van der Waals surface area contributed by atoms with E-state index >= 15 is 0 Å². The van der Waals surface area contributed by atoms with Crippen LogP contribution in [0.4, 0.5) is 0 Å². The first-order chi connectivity index (χ1) is 7.36. The van der Waals surface area contributed by atoms with Crippen molar-refractivity contribution in [2.75, 3.05) is 0 Å². The van der Waals surface area contributed by atoms with Gasteiger partial charge in [-0.2, -0.15) is 0 Å². The summed E-state index contributed by atoms with van der Waals surface area (Å²) in [4.78, 5) is 0. The summed E-state index contributed by atoms with van der Waals surface area (Å²) < 4.78 is 0. The molecule has 2 aliphatic rings. The van der Waals surface area contributed by atoms with Crippen LogP contribution in [0.1, 0.15) is 77.6 Å². The average molecular weight is 208 g/mol. The van der Waals surface area contributed by atoms with Gasteiger partial charge in [0, 0.05) is 0 Å². The minimum atomic E-state index is 1.02. The Balaban J connectivity index is 1.72. The lowest BCUT2D eigenvalue weighted by Gasteiger charge is -2.31. The highest BCUT2D eigenvalue weighted by atomic mass is 14.3. The molecule has 0 bridgehead atoms. The molecule has 0 aromatic heterocycles. The quantitative estimate of drug-likeness (QED) is 0.600. The molecular formula is C15H28. The van der Waals surface area contributed by atoms with Crippen LogP contribution in [-0.4, -0.2) is 0 Å². The molecule has 1 unspecified atom stereocenters. The predicted octanol–water partition coefficient (Wildman–Crippen LogP) is 5.17. The molecule has 2 saturated carbocycles. The van der Waals surface area contributed by atoms with E-state index in [0.717, 1.165) is 17.8 Å². The fraction of sp³-hybridized carbons (Fsp3) is 1.00. The standard InChI is InChI=1S/C15H28/c1-13(15-10-6-3-7-11-15)12-14-8-4-2-5-9-14/h13-15H,2-12H2,1H3. The van der Waals surface area contributed by atoms with Gasteiger partial charge in [-0.3, -0.25) is 0 Å². The summed E-state index contributed by atoms with van der Waals surface area (Å²) in [6.45, 7) is 2.53. The van der Waals surface area contributed by atoms with Crippen molar-refractivity contribution in [3.63, 3.8) is 0 Å². The Bertz CT molecular complexity index is 161. The molecule has 0 aliphatic heterocycles. The van der Waals surface area contributed by atoms with Gasteiger partial charge in [-0.1, -0.05) is 71.1 Å². The Labute approximate surface area is 95.8 Å². The van der Waals surface area contributed by atoms with E-state index in [9.17, 15) is 0 Å². The van der Waals surface area contributed by atoms with Crippen molar-refractivity contribution in [3.8, 4) is 0 Å². The smallest absolute Gasteiger partial charge is 0.0388 e. The molecular weight excluding hydrogens is 180 g/mol. The second-order valence-electron chi connectivity index (χ2n) is 6.12. The van der Waals surface area contributed by atoms with Crippen molar-refractivity contribution in [2.45, 2.75) is 77.6 Å². The number of hydrogen-bond donors (Lipinski definition) is 0. The van der Waals surface area contributed by atoms with Gasteiger partial charge in [-0.25, -0.2) is 0 Å². The molecule has 2 fully saturated rings. The molecule has 0 nitrogen and oxygen atoms in total. The molecule has 0 heterocycles. The molecule has 0 heteroatoms. The van der Waals surface area contributed by atoms with E-state index in [4.69, 9.17) is 0 Å². The normalized spacial score (nSPS) is 27.8. The summed E-state index contributed by atoms with van der Waals surface area (Å²) in [6.07, 6.45) is 16.8. The van der Waals surface area contributed by atoms with E-state index in [1.807, 2.05) is 0 Å². The van der Waals surface area contributed by atoms with Crippen LogP contribution < -0.4 is 0 Å². The van der Waals surface area contributed by atoms with Crippen molar-refractivity contribution in [1.82, 2.24) is 0 Å². The zero-order valence-corrected chi connectivity index (χ0v) is 10.5. The molecule has 1 atom stereocenters.